The van der Waals surface area contributed by atoms with E-state index in [1.165, 1.54) is 12.1 Å². The van der Waals surface area contributed by atoms with E-state index in [-0.39, 0.29) is 5.69 Å². The lowest BCUT2D eigenvalue weighted by Gasteiger charge is -2.20. The molecule has 0 spiro atoms. The van der Waals surface area contributed by atoms with E-state index in [0.717, 1.165) is 25.2 Å². The van der Waals surface area contributed by atoms with Crippen molar-refractivity contribution in [1.82, 2.24) is 5.32 Å². The molecule has 0 aliphatic heterocycles. The van der Waals surface area contributed by atoms with Crippen LogP contribution in [-0.4, -0.2) is 32.1 Å². The van der Waals surface area contributed by atoms with Gasteiger partial charge in [0.1, 0.15) is 6.07 Å². The number of non-ortho nitro benzene ring substituents is 1. The van der Waals surface area contributed by atoms with Gasteiger partial charge in [-0.1, -0.05) is 0 Å². The van der Waals surface area contributed by atoms with Crippen LogP contribution < -0.4 is 10.2 Å². The Morgan fingerprint density at radius 1 is 1.56 bits per heavy atom. The SMILES string of the molecule is CNCCCN(C)c1ccc([N+](=O)[O-])cc1C#N. The van der Waals surface area contributed by atoms with Gasteiger partial charge in [0.15, 0.2) is 0 Å². The maximum absolute atomic E-state index is 10.6. The summed E-state index contributed by atoms with van der Waals surface area (Å²) in [5.41, 5.74) is 0.995. The summed E-state index contributed by atoms with van der Waals surface area (Å²) in [6.45, 7) is 1.67. The molecule has 0 aliphatic carbocycles. The molecular weight excluding hydrogens is 232 g/mol. The van der Waals surface area contributed by atoms with Gasteiger partial charge in [0.05, 0.1) is 16.2 Å². The highest BCUT2D eigenvalue weighted by Crippen LogP contribution is 2.24. The third kappa shape index (κ3) is 3.43. The largest absolute Gasteiger partial charge is 0.373 e. The predicted octanol–water partition coefficient (Wildman–Crippen LogP) is 1.51. The fourth-order valence-electron chi connectivity index (χ4n) is 1.67. The van der Waals surface area contributed by atoms with Gasteiger partial charge in [0.25, 0.3) is 5.69 Å². The highest BCUT2D eigenvalue weighted by Gasteiger charge is 2.12. The number of nitro benzene ring substituents is 1. The summed E-state index contributed by atoms with van der Waals surface area (Å²) in [5.74, 6) is 0. The topological polar surface area (TPSA) is 82.2 Å². The molecule has 0 radical (unpaired) electrons. The molecule has 0 unspecified atom stereocenters. The molecule has 0 bridgehead atoms. The Labute approximate surface area is 106 Å². The summed E-state index contributed by atoms with van der Waals surface area (Å²) in [7, 11) is 3.75. The lowest BCUT2D eigenvalue weighted by molar-refractivity contribution is -0.384. The number of nitro groups is 1. The molecule has 0 aliphatic rings. The van der Waals surface area contributed by atoms with Crippen LogP contribution in [0.4, 0.5) is 11.4 Å². The standard InChI is InChI=1S/C12H16N4O2/c1-14-6-3-7-15(2)12-5-4-11(16(17)18)8-10(12)9-13/h4-5,8,14H,3,6-7H2,1-2H3. The summed E-state index contributed by atoms with van der Waals surface area (Å²) in [6, 6.07) is 6.35. The Kier molecular flexibility index (Phi) is 5.08. The van der Waals surface area contributed by atoms with E-state index in [1.807, 2.05) is 25.1 Å². The van der Waals surface area contributed by atoms with E-state index in [1.54, 1.807) is 6.07 Å². The van der Waals surface area contributed by atoms with Crippen LogP contribution in [0.5, 0.6) is 0 Å². The normalized spacial score (nSPS) is 9.83. The first-order valence-corrected chi connectivity index (χ1v) is 5.64. The zero-order chi connectivity index (χ0) is 13.5. The summed E-state index contributed by atoms with van der Waals surface area (Å²) >= 11 is 0. The van der Waals surface area contributed by atoms with Gasteiger partial charge in [-0.25, -0.2) is 0 Å². The molecule has 18 heavy (non-hydrogen) atoms. The van der Waals surface area contributed by atoms with Crippen LogP contribution in [0.1, 0.15) is 12.0 Å². The van der Waals surface area contributed by atoms with Crippen molar-refractivity contribution in [2.45, 2.75) is 6.42 Å². The van der Waals surface area contributed by atoms with Gasteiger partial charge in [0, 0.05) is 25.7 Å². The van der Waals surface area contributed by atoms with Crippen molar-refractivity contribution in [2.75, 3.05) is 32.1 Å². The Morgan fingerprint density at radius 2 is 2.28 bits per heavy atom. The number of rotatable bonds is 6. The monoisotopic (exact) mass is 248 g/mol. The number of nitrogens with zero attached hydrogens (tertiary/aromatic N) is 3. The minimum absolute atomic E-state index is 0.0566. The molecule has 6 nitrogen and oxygen atoms in total. The van der Waals surface area contributed by atoms with Gasteiger partial charge >= 0.3 is 0 Å². The molecule has 1 aromatic carbocycles. The maximum atomic E-state index is 10.6. The van der Waals surface area contributed by atoms with Crippen LogP contribution in [0.25, 0.3) is 0 Å². The quantitative estimate of drug-likeness (QED) is 0.469. The van der Waals surface area contributed by atoms with Gasteiger partial charge in [-0.2, -0.15) is 5.26 Å². The molecule has 6 heteroatoms. The molecule has 0 saturated heterocycles. The summed E-state index contributed by atoms with van der Waals surface area (Å²) in [6.07, 6.45) is 0.939. The zero-order valence-electron chi connectivity index (χ0n) is 10.5. The van der Waals surface area contributed by atoms with E-state index in [4.69, 9.17) is 5.26 Å². The van der Waals surface area contributed by atoms with Gasteiger partial charge in [-0.05, 0) is 26.1 Å². The third-order valence-electron chi connectivity index (χ3n) is 2.64. The van der Waals surface area contributed by atoms with Crippen molar-refractivity contribution in [3.8, 4) is 6.07 Å². The smallest absolute Gasteiger partial charge is 0.270 e. The first kappa shape index (κ1) is 13.9. The van der Waals surface area contributed by atoms with Crippen LogP contribution >= 0.6 is 0 Å². The lowest BCUT2D eigenvalue weighted by atomic mass is 10.1. The summed E-state index contributed by atoms with van der Waals surface area (Å²) in [5, 5.41) is 22.7. The molecule has 0 aromatic heterocycles. The summed E-state index contributed by atoms with van der Waals surface area (Å²) < 4.78 is 0. The summed E-state index contributed by atoms with van der Waals surface area (Å²) in [4.78, 5) is 12.1. The average Bonchev–Trinajstić information content (AvgIpc) is 2.38. The van der Waals surface area contributed by atoms with E-state index in [0.29, 0.717) is 5.56 Å². The Balaban J connectivity index is 2.88. The molecule has 0 saturated carbocycles. The van der Waals surface area contributed by atoms with Crippen molar-refractivity contribution >= 4 is 11.4 Å². The van der Waals surface area contributed by atoms with Crippen LogP contribution in [0.2, 0.25) is 0 Å². The second-order valence-corrected chi connectivity index (χ2v) is 3.95. The number of nitriles is 1. The van der Waals surface area contributed by atoms with Crippen LogP contribution in [0.3, 0.4) is 0 Å². The van der Waals surface area contributed by atoms with Crippen LogP contribution in [0.15, 0.2) is 18.2 Å². The first-order chi connectivity index (χ1) is 8.60. The number of anilines is 1. The van der Waals surface area contributed by atoms with Crippen molar-refractivity contribution in [3.63, 3.8) is 0 Å². The number of nitrogens with one attached hydrogen (secondary N) is 1. The predicted molar refractivity (Wildman–Crippen MR) is 69.6 cm³/mol. The van der Waals surface area contributed by atoms with Gasteiger partial charge in [0.2, 0.25) is 0 Å². The molecule has 1 aromatic rings. The lowest BCUT2D eigenvalue weighted by Crippen LogP contribution is -2.23. The van der Waals surface area contributed by atoms with Crippen molar-refractivity contribution in [2.24, 2.45) is 0 Å². The van der Waals surface area contributed by atoms with Gasteiger partial charge in [-0.3, -0.25) is 10.1 Å². The maximum Gasteiger partial charge on any atom is 0.270 e. The van der Waals surface area contributed by atoms with Crippen molar-refractivity contribution in [1.29, 1.82) is 5.26 Å². The Morgan fingerprint density at radius 3 is 2.83 bits per heavy atom. The second kappa shape index (κ2) is 6.57. The van der Waals surface area contributed by atoms with E-state index < -0.39 is 4.92 Å². The van der Waals surface area contributed by atoms with E-state index in [2.05, 4.69) is 5.32 Å². The van der Waals surface area contributed by atoms with Crippen molar-refractivity contribution < 1.29 is 4.92 Å². The zero-order valence-corrected chi connectivity index (χ0v) is 10.5. The van der Waals surface area contributed by atoms with Crippen LogP contribution in [-0.2, 0) is 0 Å². The molecule has 0 heterocycles. The molecule has 0 amide bonds. The molecule has 0 atom stereocenters. The molecule has 0 fully saturated rings. The average molecular weight is 248 g/mol. The molecule has 96 valence electrons. The molecule has 1 rings (SSSR count). The minimum Gasteiger partial charge on any atom is -0.373 e. The first-order valence-electron chi connectivity index (χ1n) is 5.64. The minimum atomic E-state index is -0.494. The number of benzene rings is 1. The highest BCUT2D eigenvalue weighted by molar-refractivity contribution is 5.62. The third-order valence-corrected chi connectivity index (χ3v) is 2.64. The van der Waals surface area contributed by atoms with Gasteiger partial charge < -0.3 is 10.2 Å². The number of hydrogen-bond donors (Lipinski definition) is 1. The van der Waals surface area contributed by atoms with Gasteiger partial charge in [-0.15, -0.1) is 0 Å². The van der Waals surface area contributed by atoms with Crippen LogP contribution in [0, 0.1) is 21.4 Å². The number of hydrogen-bond acceptors (Lipinski definition) is 5. The Hall–Kier alpha value is -2.13. The fourth-order valence-corrected chi connectivity index (χ4v) is 1.67. The van der Waals surface area contributed by atoms with E-state index in [9.17, 15) is 10.1 Å². The Bertz CT molecular complexity index is 468. The van der Waals surface area contributed by atoms with Crippen molar-refractivity contribution in [3.05, 3.63) is 33.9 Å². The van der Waals surface area contributed by atoms with E-state index >= 15 is 0 Å². The second-order valence-electron chi connectivity index (χ2n) is 3.95. The molecular formula is C12H16N4O2. The molecule has 1 N–H and O–H groups in total. The fraction of sp³-hybridized carbons (Fsp3) is 0.417. The highest BCUT2D eigenvalue weighted by atomic mass is 16.6.